The number of hydrogen-bond donors (Lipinski definition) is 0. The first-order chi connectivity index (χ1) is 4.91. The van der Waals surface area contributed by atoms with Crippen molar-refractivity contribution in [3.8, 4) is 0 Å². The molecule has 0 rings (SSSR count). The Morgan fingerprint density at radius 3 is 2.40 bits per heavy atom. The molecular weight excluding hydrogens is 235 g/mol. The summed E-state index contributed by atoms with van der Waals surface area (Å²) in [5, 5.41) is 0. The third-order valence-corrected chi connectivity index (χ3v) is 2.07. The van der Waals surface area contributed by atoms with E-state index in [0.717, 1.165) is 0 Å². The first kappa shape index (κ1) is 10.5. The summed E-state index contributed by atoms with van der Waals surface area (Å²) in [5.41, 5.74) is 0. The van der Waals surface area contributed by atoms with E-state index in [4.69, 9.17) is 0 Å². The molecule has 0 amide bonds. The van der Waals surface area contributed by atoms with Gasteiger partial charge in [-0.2, -0.15) is 0 Å². The molecule has 0 aromatic heterocycles. The molecule has 0 aromatic carbocycles. The van der Waals surface area contributed by atoms with E-state index in [-0.39, 0.29) is 0 Å². The number of hydrogen-bond acceptors (Lipinski definition) is 0. The summed E-state index contributed by atoms with van der Waals surface area (Å²) in [5.74, 6) is 0. The molecule has 0 spiro atoms. The third-order valence-electron chi connectivity index (χ3n) is 1.56. The topological polar surface area (TPSA) is 0 Å². The lowest BCUT2D eigenvalue weighted by atomic mass is 10.1. The summed E-state index contributed by atoms with van der Waals surface area (Å²) in [6, 6.07) is 0. The van der Waals surface area contributed by atoms with Crippen molar-refractivity contribution in [3.05, 3.63) is 10.2 Å². The fourth-order valence-electron chi connectivity index (χ4n) is 0.929. The van der Waals surface area contributed by atoms with Crippen LogP contribution in [0.15, 0.2) is 10.2 Å². The van der Waals surface area contributed by atoms with Gasteiger partial charge in [-0.1, -0.05) is 61.3 Å². The largest absolute Gasteiger partial charge is 0.0785 e. The monoisotopic (exact) mass is 252 g/mol. The molecule has 0 fully saturated rings. The molecule has 0 heterocycles. The van der Waals surface area contributed by atoms with Gasteiger partial charge in [-0.15, -0.1) is 0 Å². The highest BCUT2D eigenvalue weighted by molar-refractivity contribution is 14.1. The number of unbranched alkanes of at least 4 members (excludes halogenated alkanes) is 5. The Balaban J connectivity index is 2.77. The molecule has 0 aliphatic heterocycles. The fourth-order valence-corrected chi connectivity index (χ4v) is 1.29. The van der Waals surface area contributed by atoms with Gasteiger partial charge < -0.3 is 0 Å². The smallest absolute Gasteiger partial charge is 0.0274 e. The van der Waals surface area contributed by atoms with Gasteiger partial charge in [0.2, 0.25) is 0 Å². The molecule has 0 saturated carbocycles. The molecule has 0 radical (unpaired) electrons. The minimum atomic E-state index is 1.27. The lowest BCUT2D eigenvalue weighted by Gasteiger charge is -1.94. The highest BCUT2D eigenvalue weighted by atomic mass is 127. The van der Waals surface area contributed by atoms with E-state index in [1.54, 1.807) is 0 Å². The number of halogens is 1. The van der Waals surface area contributed by atoms with Crippen LogP contribution in [-0.4, -0.2) is 0 Å². The summed E-state index contributed by atoms with van der Waals surface area (Å²) in [6.45, 7) is 2.25. The van der Waals surface area contributed by atoms with Gasteiger partial charge in [0.1, 0.15) is 0 Å². The second kappa shape index (κ2) is 9.47. The van der Waals surface area contributed by atoms with Gasteiger partial charge in [0.15, 0.2) is 0 Å². The van der Waals surface area contributed by atoms with E-state index < -0.39 is 0 Å². The molecule has 0 N–H and O–H groups in total. The van der Waals surface area contributed by atoms with Gasteiger partial charge >= 0.3 is 0 Å². The maximum atomic E-state index is 2.28. The van der Waals surface area contributed by atoms with Gasteiger partial charge in [-0.3, -0.25) is 0 Å². The first-order valence-electron chi connectivity index (χ1n) is 4.17. The van der Waals surface area contributed by atoms with E-state index in [1.807, 2.05) is 0 Å². The van der Waals surface area contributed by atoms with E-state index in [0.29, 0.717) is 0 Å². The second-order valence-electron chi connectivity index (χ2n) is 2.56. The van der Waals surface area contributed by atoms with Crippen molar-refractivity contribution < 1.29 is 0 Å². The number of rotatable bonds is 6. The normalized spacial score (nSPS) is 11.0. The molecule has 0 atom stereocenters. The molecule has 0 aliphatic carbocycles. The van der Waals surface area contributed by atoms with E-state index >= 15 is 0 Å². The van der Waals surface area contributed by atoms with Crippen molar-refractivity contribution in [1.82, 2.24) is 0 Å². The molecular formula is C9H17I. The van der Waals surface area contributed by atoms with Crippen LogP contribution in [0.4, 0.5) is 0 Å². The van der Waals surface area contributed by atoms with Crippen LogP contribution in [0, 0.1) is 0 Å². The van der Waals surface area contributed by atoms with Crippen LogP contribution < -0.4 is 0 Å². The van der Waals surface area contributed by atoms with Crippen LogP contribution >= 0.6 is 22.6 Å². The van der Waals surface area contributed by atoms with Crippen molar-refractivity contribution >= 4 is 22.6 Å². The van der Waals surface area contributed by atoms with Crippen LogP contribution in [0.2, 0.25) is 0 Å². The Labute approximate surface area is 78.2 Å². The van der Waals surface area contributed by atoms with Crippen LogP contribution in [0.25, 0.3) is 0 Å². The Bertz CT molecular complexity index is 76.8. The maximum absolute atomic E-state index is 2.28. The molecule has 0 unspecified atom stereocenters. The van der Waals surface area contributed by atoms with Crippen molar-refractivity contribution in [1.29, 1.82) is 0 Å². The zero-order valence-corrected chi connectivity index (χ0v) is 8.93. The third kappa shape index (κ3) is 8.47. The molecule has 10 heavy (non-hydrogen) atoms. The second-order valence-corrected chi connectivity index (χ2v) is 3.28. The first-order valence-corrected chi connectivity index (χ1v) is 5.41. The predicted octanol–water partition coefficient (Wildman–Crippen LogP) is 4.30. The summed E-state index contributed by atoms with van der Waals surface area (Å²) in [6.07, 6.45) is 10.5. The van der Waals surface area contributed by atoms with Crippen molar-refractivity contribution in [3.63, 3.8) is 0 Å². The molecule has 60 valence electrons. The Kier molecular flexibility index (Phi) is 9.92. The van der Waals surface area contributed by atoms with Crippen molar-refractivity contribution in [2.75, 3.05) is 0 Å². The zero-order chi connectivity index (χ0) is 7.66. The highest BCUT2D eigenvalue weighted by Crippen LogP contribution is 2.05. The maximum Gasteiger partial charge on any atom is -0.0274 e. The average molecular weight is 252 g/mol. The van der Waals surface area contributed by atoms with Crippen molar-refractivity contribution in [2.45, 2.75) is 45.4 Å². The Hall–Kier alpha value is 0.470. The lowest BCUT2D eigenvalue weighted by Crippen LogP contribution is -1.75. The lowest BCUT2D eigenvalue weighted by molar-refractivity contribution is 0.637. The van der Waals surface area contributed by atoms with Gasteiger partial charge in [0.05, 0.1) is 0 Å². The average Bonchev–Trinajstić information content (AvgIpc) is 1.97. The zero-order valence-electron chi connectivity index (χ0n) is 6.78. The SMILES string of the molecule is CCCCCCC/C=C/I. The quantitative estimate of drug-likeness (QED) is 0.488. The summed E-state index contributed by atoms with van der Waals surface area (Å²) in [4.78, 5) is 0. The molecule has 0 bridgehead atoms. The highest BCUT2D eigenvalue weighted by Gasteiger charge is 1.85. The minimum Gasteiger partial charge on any atom is -0.0785 e. The molecule has 0 aliphatic rings. The van der Waals surface area contributed by atoms with Gasteiger partial charge in [-0.05, 0) is 16.9 Å². The Morgan fingerprint density at radius 1 is 1.10 bits per heavy atom. The standard InChI is InChI=1S/C9H17I/c1-2-3-4-5-6-7-8-9-10/h8-9H,2-7H2,1H3/b9-8+. The van der Waals surface area contributed by atoms with Gasteiger partial charge in [0.25, 0.3) is 0 Å². The van der Waals surface area contributed by atoms with Crippen LogP contribution in [0.3, 0.4) is 0 Å². The van der Waals surface area contributed by atoms with Crippen LogP contribution in [0.1, 0.15) is 45.4 Å². The summed E-state index contributed by atoms with van der Waals surface area (Å²) in [7, 11) is 0. The van der Waals surface area contributed by atoms with E-state index in [9.17, 15) is 0 Å². The van der Waals surface area contributed by atoms with Gasteiger partial charge in [0, 0.05) is 0 Å². The minimum absolute atomic E-state index is 1.27. The van der Waals surface area contributed by atoms with E-state index in [1.165, 1.54) is 38.5 Å². The Morgan fingerprint density at radius 2 is 1.80 bits per heavy atom. The van der Waals surface area contributed by atoms with E-state index in [2.05, 4.69) is 39.7 Å². The summed E-state index contributed by atoms with van der Waals surface area (Å²) < 4.78 is 2.11. The molecule has 1 heteroatoms. The predicted molar refractivity (Wildman–Crippen MR) is 56.5 cm³/mol. The molecule has 0 nitrogen and oxygen atoms in total. The fraction of sp³-hybridized carbons (Fsp3) is 0.778. The van der Waals surface area contributed by atoms with Crippen molar-refractivity contribution in [2.24, 2.45) is 0 Å². The van der Waals surface area contributed by atoms with Crippen LogP contribution in [0.5, 0.6) is 0 Å². The molecule has 0 saturated heterocycles. The molecule has 0 aromatic rings. The summed E-state index contributed by atoms with van der Waals surface area (Å²) >= 11 is 2.28. The van der Waals surface area contributed by atoms with Crippen LogP contribution in [-0.2, 0) is 0 Å². The number of allylic oxidation sites excluding steroid dienone is 1. The van der Waals surface area contributed by atoms with Gasteiger partial charge in [-0.25, -0.2) is 0 Å².